The Labute approximate surface area is 141 Å². The van der Waals surface area contributed by atoms with Crippen LogP contribution in [-0.4, -0.2) is 22.1 Å². The van der Waals surface area contributed by atoms with Gasteiger partial charge in [-0.25, -0.2) is 0 Å². The predicted octanol–water partition coefficient (Wildman–Crippen LogP) is 1.67. The van der Waals surface area contributed by atoms with Crippen LogP contribution in [0.25, 0.3) is 0 Å². The number of carbonyl (C=O) groups excluding carboxylic acids is 1. The number of halogens is 1. The number of nitrogens with two attached hydrogens (primary N) is 1. The molecule has 0 aliphatic carbocycles. The molecule has 2 aromatic rings. The van der Waals surface area contributed by atoms with Crippen molar-refractivity contribution in [2.45, 2.75) is 33.0 Å². The van der Waals surface area contributed by atoms with E-state index in [2.05, 4.69) is 15.5 Å². The van der Waals surface area contributed by atoms with Gasteiger partial charge in [0.05, 0.1) is 12.6 Å². The molecule has 7 nitrogen and oxygen atoms in total. The highest BCUT2D eigenvalue weighted by molar-refractivity contribution is 5.85. The first-order valence-corrected chi connectivity index (χ1v) is 7.09. The molecule has 126 valence electrons. The largest absolute Gasteiger partial charge is 0.485 e. The summed E-state index contributed by atoms with van der Waals surface area (Å²) in [5, 5.41) is 6.46. The van der Waals surface area contributed by atoms with Gasteiger partial charge in [-0.05, 0) is 18.1 Å². The lowest BCUT2D eigenvalue weighted by molar-refractivity contribution is -0.123. The zero-order valence-corrected chi connectivity index (χ0v) is 13.9. The van der Waals surface area contributed by atoms with Crippen LogP contribution in [-0.2, 0) is 17.9 Å². The molecular formula is C15H21ClN4O3. The Morgan fingerprint density at radius 2 is 2.04 bits per heavy atom. The van der Waals surface area contributed by atoms with E-state index in [1.165, 1.54) is 0 Å². The van der Waals surface area contributed by atoms with Crippen molar-refractivity contribution in [3.63, 3.8) is 0 Å². The second kappa shape index (κ2) is 9.12. The maximum Gasteiger partial charge on any atom is 0.246 e. The molecule has 8 heteroatoms. The summed E-state index contributed by atoms with van der Waals surface area (Å²) in [4.78, 5) is 15.9. The van der Waals surface area contributed by atoms with Crippen LogP contribution < -0.4 is 15.8 Å². The summed E-state index contributed by atoms with van der Waals surface area (Å²) in [6.45, 7) is 4.12. The number of nitrogens with zero attached hydrogens (tertiary/aromatic N) is 2. The maximum absolute atomic E-state index is 11.7. The van der Waals surface area contributed by atoms with Crippen LogP contribution in [0, 0.1) is 5.92 Å². The Bertz CT molecular complexity index is 604. The Morgan fingerprint density at radius 1 is 1.35 bits per heavy atom. The minimum atomic E-state index is -0.552. The lowest BCUT2D eigenvalue weighted by Crippen LogP contribution is -2.43. The van der Waals surface area contributed by atoms with Crippen LogP contribution in [0.1, 0.15) is 25.6 Å². The molecule has 0 unspecified atom stereocenters. The van der Waals surface area contributed by atoms with Crippen LogP contribution in [0.4, 0.5) is 0 Å². The molecule has 0 saturated heterocycles. The van der Waals surface area contributed by atoms with E-state index in [-0.39, 0.29) is 37.4 Å². The van der Waals surface area contributed by atoms with Crippen LogP contribution in [0.15, 0.2) is 34.9 Å². The summed E-state index contributed by atoms with van der Waals surface area (Å²) < 4.78 is 10.6. The zero-order chi connectivity index (χ0) is 15.9. The number of ether oxygens (including phenoxy) is 1. The third-order valence-corrected chi connectivity index (χ3v) is 3.06. The molecule has 0 aliphatic heterocycles. The SMILES string of the molecule is CC(C)[C@H](N)C(=O)NCc1nc(COc2ccccc2)no1.Cl. The predicted molar refractivity (Wildman–Crippen MR) is 87.0 cm³/mol. The topological polar surface area (TPSA) is 103 Å². The first kappa shape index (κ1) is 18.9. The van der Waals surface area contributed by atoms with Crippen molar-refractivity contribution < 1.29 is 14.1 Å². The summed E-state index contributed by atoms with van der Waals surface area (Å²) >= 11 is 0. The smallest absolute Gasteiger partial charge is 0.246 e. The van der Waals surface area contributed by atoms with Crippen molar-refractivity contribution in [3.8, 4) is 5.75 Å². The van der Waals surface area contributed by atoms with Gasteiger partial charge in [0, 0.05) is 0 Å². The van der Waals surface area contributed by atoms with E-state index in [4.69, 9.17) is 15.0 Å². The Hall–Kier alpha value is -2.12. The molecule has 0 aliphatic rings. The number of amides is 1. The quantitative estimate of drug-likeness (QED) is 0.794. The summed E-state index contributed by atoms with van der Waals surface area (Å²) in [5.41, 5.74) is 5.74. The highest BCUT2D eigenvalue weighted by Gasteiger charge is 2.17. The first-order chi connectivity index (χ1) is 10.6. The third-order valence-electron chi connectivity index (χ3n) is 3.06. The van der Waals surface area contributed by atoms with E-state index >= 15 is 0 Å². The summed E-state index contributed by atoms with van der Waals surface area (Å²) in [5.74, 6) is 1.29. The molecule has 1 atom stereocenters. The Balaban J connectivity index is 0.00000264. The molecule has 2 rings (SSSR count). The summed E-state index contributed by atoms with van der Waals surface area (Å²) in [6, 6.07) is 8.80. The fraction of sp³-hybridized carbons (Fsp3) is 0.400. The van der Waals surface area contributed by atoms with Crippen LogP contribution in [0.2, 0.25) is 0 Å². The highest BCUT2D eigenvalue weighted by Crippen LogP contribution is 2.10. The van der Waals surface area contributed by atoms with E-state index in [0.717, 1.165) is 5.75 Å². The van der Waals surface area contributed by atoms with E-state index in [1.54, 1.807) is 0 Å². The lowest BCUT2D eigenvalue weighted by atomic mass is 10.1. The van der Waals surface area contributed by atoms with Gasteiger partial charge in [0.1, 0.15) is 5.75 Å². The van der Waals surface area contributed by atoms with E-state index in [1.807, 2.05) is 44.2 Å². The van der Waals surface area contributed by atoms with Crippen LogP contribution in [0.3, 0.4) is 0 Å². The molecule has 3 N–H and O–H groups in total. The van der Waals surface area contributed by atoms with Gasteiger partial charge < -0.3 is 20.3 Å². The molecule has 0 radical (unpaired) electrons. The van der Waals surface area contributed by atoms with E-state index in [0.29, 0.717) is 11.7 Å². The van der Waals surface area contributed by atoms with Crippen molar-refractivity contribution >= 4 is 18.3 Å². The summed E-state index contributed by atoms with van der Waals surface area (Å²) in [7, 11) is 0. The van der Waals surface area contributed by atoms with Crippen molar-refractivity contribution in [3.05, 3.63) is 42.0 Å². The number of nitrogens with one attached hydrogen (secondary N) is 1. The van der Waals surface area contributed by atoms with Gasteiger partial charge in [-0.1, -0.05) is 37.2 Å². The average Bonchev–Trinajstić information content (AvgIpc) is 2.98. The van der Waals surface area contributed by atoms with Crippen LogP contribution >= 0.6 is 12.4 Å². The fourth-order valence-corrected chi connectivity index (χ4v) is 1.67. The molecule has 1 amide bonds. The fourth-order valence-electron chi connectivity index (χ4n) is 1.67. The van der Waals surface area contributed by atoms with Crippen molar-refractivity contribution in [1.82, 2.24) is 15.5 Å². The normalized spacial score (nSPS) is 11.7. The standard InChI is InChI=1S/C15H20N4O3.ClH/c1-10(2)14(16)15(20)17-8-13-18-12(19-22-13)9-21-11-6-4-3-5-7-11;/h3-7,10,14H,8-9,16H2,1-2H3,(H,17,20);1H/t14-;/m0./s1. The number of para-hydroxylation sites is 1. The second-order valence-corrected chi connectivity index (χ2v) is 5.19. The van der Waals surface area contributed by atoms with Crippen molar-refractivity contribution in [2.24, 2.45) is 11.7 Å². The molecule has 0 fully saturated rings. The number of aromatic nitrogens is 2. The lowest BCUT2D eigenvalue weighted by Gasteiger charge is -2.14. The van der Waals surface area contributed by atoms with Gasteiger partial charge in [-0.3, -0.25) is 4.79 Å². The number of hydrogen-bond donors (Lipinski definition) is 2. The molecular weight excluding hydrogens is 320 g/mol. The minimum Gasteiger partial charge on any atom is -0.485 e. The molecule has 1 aromatic heterocycles. The summed E-state index contributed by atoms with van der Waals surface area (Å²) in [6.07, 6.45) is 0. The molecule has 1 aromatic carbocycles. The first-order valence-electron chi connectivity index (χ1n) is 7.09. The third kappa shape index (κ3) is 5.88. The number of benzene rings is 1. The maximum atomic E-state index is 11.7. The van der Waals surface area contributed by atoms with Gasteiger partial charge in [0.25, 0.3) is 0 Å². The molecule has 1 heterocycles. The number of hydrogen-bond acceptors (Lipinski definition) is 6. The zero-order valence-electron chi connectivity index (χ0n) is 13.1. The highest BCUT2D eigenvalue weighted by atomic mass is 35.5. The molecule has 0 bridgehead atoms. The second-order valence-electron chi connectivity index (χ2n) is 5.19. The van der Waals surface area contributed by atoms with Gasteiger partial charge in [0.2, 0.25) is 17.6 Å². The number of rotatable bonds is 7. The monoisotopic (exact) mass is 340 g/mol. The molecule has 23 heavy (non-hydrogen) atoms. The van der Waals surface area contributed by atoms with Gasteiger partial charge >= 0.3 is 0 Å². The Kier molecular flexibility index (Phi) is 7.50. The van der Waals surface area contributed by atoms with Gasteiger partial charge in [-0.15, -0.1) is 12.4 Å². The Morgan fingerprint density at radius 3 is 2.70 bits per heavy atom. The molecule has 0 spiro atoms. The van der Waals surface area contributed by atoms with Crippen molar-refractivity contribution in [1.29, 1.82) is 0 Å². The molecule has 0 saturated carbocycles. The average molecular weight is 341 g/mol. The van der Waals surface area contributed by atoms with Crippen molar-refractivity contribution in [2.75, 3.05) is 0 Å². The van der Waals surface area contributed by atoms with Gasteiger partial charge in [0.15, 0.2) is 6.61 Å². The van der Waals surface area contributed by atoms with E-state index in [9.17, 15) is 4.79 Å². The van der Waals surface area contributed by atoms with Crippen LogP contribution in [0.5, 0.6) is 5.75 Å². The minimum absolute atomic E-state index is 0. The van der Waals surface area contributed by atoms with Gasteiger partial charge in [-0.2, -0.15) is 4.98 Å². The van der Waals surface area contributed by atoms with E-state index < -0.39 is 6.04 Å². The number of carbonyl (C=O) groups is 1.